The van der Waals surface area contributed by atoms with Crippen LogP contribution in [0.15, 0.2) is 24.5 Å². The summed E-state index contributed by atoms with van der Waals surface area (Å²) >= 11 is 0. The second-order valence-corrected chi connectivity index (χ2v) is 5.20. The molecule has 0 amide bonds. The van der Waals surface area contributed by atoms with Crippen molar-refractivity contribution >= 4 is 22.6 Å². The predicted octanol–water partition coefficient (Wildman–Crippen LogP) is 0.385. The topological polar surface area (TPSA) is 126 Å². The summed E-state index contributed by atoms with van der Waals surface area (Å²) in [5.41, 5.74) is 14.6. The largest absolute Gasteiger partial charge is 0.368 e. The second kappa shape index (κ2) is 4.99. The molecule has 4 aromatic rings. The molecule has 0 aliphatic carbocycles. The molecule has 4 N–H and O–H groups in total. The number of anilines is 1. The van der Waals surface area contributed by atoms with Gasteiger partial charge in [-0.1, -0.05) is 6.07 Å². The van der Waals surface area contributed by atoms with Gasteiger partial charge in [-0.3, -0.25) is 4.98 Å². The number of nitrogens with zero attached hydrogens (tertiary/aromatic N) is 7. The third-order valence-electron chi connectivity index (χ3n) is 3.66. The number of aryl methyl sites for hydroxylation is 1. The lowest BCUT2D eigenvalue weighted by Crippen LogP contribution is -2.12. The molecule has 0 aliphatic rings. The lowest BCUT2D eigenvalue weighted by atomic mass is 10.2. The zero-order valence-electron chi connectivity index (χ0n) is 12.5. The predicted molar refractivity (Wildman–Crippen MR) is 85.5 cm³/mol. The van der Waals surface area contributed by atoms with Crippen LogP contribution in [-0.4, -0.2) is 40.9 Å². The Kier molecular flexibility index (Phi) is 2.95. The third-order valence-corrected chi connectivity index (χ3v) is 3.66. The number of fused-ring (bicyclic) bond motifs is 3. The molecule has 0 fully saturated rings. The molecule has 9 heteroatoms. The van der Waals surface area contributed by atoms with Crippen molar-refractivity contribution < 1.29 is 0 Å². The van der Waals surface area contributed by atoms with Crippen LogP contribution in [0.4, 0.5) is 5.95 Å². The van der Waals surface area contributed by atoms with Gasteiger partial charge < -0.3 is 11.5 Å². The zero-order chi connectivity index (χ0) is 16.0. The van der Waals surface area contributed by atoms with E-state index in [0.717, 1.165) is 16.6 Å². The van der Waals surface area contributed by atoms with Gasteiger partial charge in [0, 0.05) is 12.7 Å². The Labute approximate surface area is 131 Å². The molecule has 4 rings (SSSR count). The Morgan fingerprint density at radius 1 is 1.22 bits per heavy atom. The number of nitrogens with two attached hydrogens (primary N) is 2. The van der Waals surface area contributed by atoms with Gasteiger partial charge in [-0.25, -0.2) is 9.67 Å². The molecular formula is C14H15N9. The molecule has 0 radical (unpaired) electrons. The van der Waals surface area contributed by atoms with Crippen molar-refractivity contribution in [1.29, 1.82) is 0 Å². The summed E-state index contributed by atoms with van der Waals surface area (Å²) in [5.74, 6) is 0.759. The van der Waals surface area contributed by atoms with Crippen molar-refractivity contribution in [3.05, 3.63) is 30.1 Å². The normalized spacial score (nSPS) is 11.6. The van der Waals surface area contributed by atoms with Crippen LogP contribution >= 0.6 is 0 Å². The van der Waals surface area contributed by atoms with Crippen molar-refractivity contribution in [3.8, 4) is 11.5 Å². The van der Waals surface area contributed by atoms with E-state index in [1.54, 1.807) is 17.1 Å². The highest BCUT2D eigenvalue weighted by molar-refractivity contribution is 5.90. The van der Waals surface area contributed by atoms with Crippen LogP contribution in [0.25, 0.3) is 28.2 Å². The van der Waals surface area contributed by atoms with Gasteiger partial charge in [-0.15, -0.1) is 5.10 Å². The Bertz CT molecular complexity index is 1010. The molecule has 0 spiro atoms. The Balaban J connectivity index is 2.00. The number of aromatic nitrogens is 7. The van der Waals surface area contributed by atoms with Crippen LogP contribution in [0.2, 0.25) is 0 Å². The van der Waals surface area contributed by atoms with E-state index >= 15 is 0 Å². The first-order valence-corrected chi connectivity index (χ1v) is 7.19. The fourth-order valence-electron chi connectivity index (χ4n) is 2.56. The summed E-state index contributed by atoms with van der Waals surface area (Å²) < 4.78 is 3.23. The summed E-state index contributed by atoms with van der Waals surface area (Å²) in [4.78, 5) is 13.3. The van der Waals surface area contributed by atoms with Gasteiger partial charge in [-0.05, 0) is 18.6 Å². The van der Waals surface area contributed by atoms with Crippen LogP contribution in [0.5, 0.6) is 0 Å². The number of rotatable bonds is 3. The summed E-state index contributed by atoms with van der Waals surface area (Å²) in [6.45, 7) is 2.99. The maximum absolute atomic E-state index is 6.03. The molecule has 0 unspecified atom stereocenters. The first-order chi connectivity index (χ1) is 11.2. The van der Waals surface area contributed by atoms with Gasteiger partial charge in [0.2, 0.25) is 11.8 Å². The van der Waals surface area contributed by atoms with Crippen LogP contribution in [0.3, 0.4) is 0 Å². The van der Waals surface area contributed by atoms with Gasteiger partial charge in [0.05, 0.1) is 18.1 Å². The molecule has 116 valence electrons. The SMILES string of the molecule is Cc1cccnc1-c1nc2c3cnn(CCN)c3nc(N)n2n1. The fraction of sp³-hybridized carbons (Fsp3) is 0.214. The van der Waals surface area contributed by atoms with Crippen molar-refractivity contribution in [1.82, 2.24) is 34.3 Å². The average molecular weight is 309 g/mol. The van der Waals surface area contributed by atoms with E-state index < -0.39 is 0 Å². The lowest BCUT2D eigenvalue weighted by molar-refractivity contribution is 0.640. The summed E-state index contributed by atoms with van der Waals surface area (Å²) in [5, 5.41) is 9.52. The molecule has 4 heterocycles. The molecule has 4 aromatic heterocycles. The average Bonchev–Trinajstić information content (AvgIpc) is 3.13. The van der Waals surface area contributed by atoms with Gasteiger partial charge in [0.25, 0.3) is 0 Å². The van der Waals surface area contributed by atoms with Crippen LogP contribution < -0.4 is 11.5 Å². The highest BCUT2D eigenvalue weighted by Crippen LogP contribution is 2.23. The molecule has 0 saturated heterocycles. The minimum atomic E-state index is 0.249. The van der Waals surface area contributed by atoms with E-state index in [0.29, 0.717) is 30.2 Å². The summed E-state index contributed by atoms with van der Waals surface area (Å²) in [6, 6.07) is 3.84. The highest BCUT2D eigenvalue weighted by atomic mass is 15.4. The van der Waals surface area contributed by atoms with E-state index in [1.165, 1.54) is 4.52 Å². The zero-order valence-corrected chi connectivity index (χ0v) is 12.5. The number of pyridine rings is 1. The molecule has 0 aromatic carbocycles. The number of hydrogen-bond donors (Lipinski definition) is 2. The Morgan fingerprint density at radius 3 is 2.87 bits per heavy atom. The van der Waals surface area contributed by atoms with Crippen molar-refractivity contribution in [2.24, 2.45) is 5.73 Å². The maximum atomic E-state index is 6.03. The molecular weight excluding hydrogens is 294 g/mol. The lowest BCUT2D eigenvalue weighted by Gasteiger charge is -2.01. The van der Waals surface area contributed by atoms with Crippen molar-refractivity contribution in [2.75, 3.05) is 12.3 Å². The Morgan fingerprint density at radius 2 is 2.09 bits per heavy atom. The minimum absolute atomic E-state index is 0.249. The molecule has 9 nitrogen and oxygen atoms in total. The first-order valence-electron chi connectivity index (χ1n) is 7.19. The number of hydrogen-bond acceptors (Lipinski definition) is 7. The van der Waals surface area contributed by atoms with E-state index in [2.05, 4.69) is 25.1 Å². The maximum Gasteiger partial charge on any atom is 0.225 e. The third kappa shape index (κ3) is 2.01. The van der Waals surface area contributed by atoms with Crippen LogP contribution in [0.1, 0.15) is 5.56 Å². The van der Waals surface area contributed by atoms with E-state index in [4.69, 9.17) is 11.5 Å². The quantitative estimate of drug-likeness (QED) is 0.560. The van der Waals surface area contributed by atoms with E-state index in [1.807, 2.05) is 19.1 Å². The van der Waals surface area contributed by atoms with Gasteiger partial charge in [-0.2, -0.15) is 14.6 Å². The van der Waals surface area contributed by atoms with Gasteiger partial charge in [0.15, 0.2) is 11.3 Å². The van der Waals surface area contributed by atoms with E-state index in [-0.39, 0.29) is 5.95 Å². The van der Waals surface area contributed by atoms with Gasteiger partial charge >= 0.3 is 0 Å². The second-order valence-electron chi connectivity index (χ2n) is 5.20. The molecule has 0 saturated carbocycles. The fourth-order valence-corrected chi connectivity index (χ4v) is 2.56. The molecule has 0 aliphatic heterocycles. The molecule has 0 atom stereocenters. The van der Waals surface area contributed by atoms with E-state index in [9.17, 15) is 0 Å². The molecule has 23 heavy (non-hydrogen) atoms. The Hall–Kier alpha value is -3.07. The monoisotopic (exact) mass is 309 g/mol. The van der Waals surface area contributed by atoms with Gasteiger partial charge in [0.1, 0.15) is 5.69 Å². The minimum Gasteiger partial charge on any atom is -0.368 e. The standard InChI is InChI=1S/C14H15N9/c1-8-3-2-5-17-10(8)11-19-13-9-7-18-22(6-4-15)12(9)20-14(16)23(13)21-11/h2-3,5,7H,4,6,15H2,1H3,(H2,16,20). The van der Waals surface area contributed by atoms with Crippen LogP contribution in [0, 0.1) is 6.92 Å². The smallest absolute Gasteiger partial charge is 0.225 e. The van der Waals surface area contributed by atoms with Crippen molar-refractivity contribution in [3.63, 3.8) is 0 Å². The number of nitrogen functional groups attached to an aromatic ring is 1. The highest BCUT2D eigenvalue weighted by Gasteiger charge is 2.17. The van der Waals surface area contributed by atoms with Crippen molar-refractivity contribution in [2.45, 2.75) is 13.5 Å². The summed E-state index contributed by atoms with van der Waals surface area (Å²) in [7, 11) is 0. The first kappa shape index (κ1) is 13.6. The summed E-state index contributed by atoms with van der Waals surface area (Å²) in [6.07, 6.45) is 3.42. The molecule has 0 bridgehead atoms. The van der Waals surface area contributed by atoms with Crippen LogP contribution in [-0.2, 0) is 6.54 Å².